The Bertz CT molecular complexity index is 1370. The number of pyridine rings is 1. The molecule has 0 bridgehead atoms. The number of sulfonamides is 1. The summed E-state index contributed by atoms with van der Waals surface area (Å²) in [6, 6.07) is 3.91. The summed E-state index contributed by atoms with van der Waals surface area (Å²) >= 11 is 5.96. The van der Waals surface area contributed by atoms with Crippen molar-refractivity contribution in [3.63, 3.8) is 0 Å². The Hall–Kier alpha value is -3.09. The van der Waals surface area contributed by atoms with E-state index in [1.807, 2.05) is 0 Å². The fourth-order valence-electron chi connectivity index (χ4n) is 3.35. The van der Waals surface area contributed by atoms with Crippen LogP contribution in [0.25, 0.3) is 0 Å². The number of rotatable bonds is 7. The summed E-state index contributed by atoms with van der Waals surface area (Å²) < 4.78 is 48.5. The molecule has 3 N–H and O–H groups in total. The van der Waals surface area contributed by atoms with Gasteiger partial charge in [0.05, 0.1) is 5.02 Å². The van der Waals surface area contributed by atoms with Gasteiger partial charge in [-0.2, -0.15) is 4.72 Å². The van der Waals surface area contributed by atoms with Gasteiger partial charge in [0.2, 0.25) is 5.89 Å². The van der Waals surface area contributed by atoms with Crippen molar-refractivity contribution in [1.82, 2.24) is 25.2 Å². The van der Waals surface area contributed by atoms with Crippen LogP contribution in [-0.4, -0.2) is 36.6 Å². The van der Waals surface area contributed by atoms with Gasteiger partial charge < -0.3 is 9.73 Å². The maximum atomic E-state index is 14.8. The number of carbonyl (C=O) groups excluding carboxylic acids is 1. The predicted octanol–water partition coefficient (Wildman–Crippen LogP) is 2.35. The molecule has 1 aromatic carbocycles. The molecule has 2 aromatic heterocycles. The minimum Gasteiger partial charge on any atom is -0.391 e. The van der Waals surface area contributed by atoms with Crippen LogP contribution in [0.4, 0.5) is 4.39 Å². The maximum Gasteiger partial charge on any atom is 0.434 e. The standard InChI is InChI=1S/C20H21ClFN5O5S/c1-9-5-7-13(22)15(10(9)2)11(3)16(19-25-26-20(29)32-19)27-33(30,31)14-8-6-12(21)17(24-14)18(28)23-4/h5-8,11,16,27H,1-4H3,(H,23,28)(H,26,29). The van der Waals surface area contributed by atoms with Crippen molar-refractivity contribution in [3.05, 3.63) is 73.9 Å². The predicted molar refractivity (Wildman–Crippen MR) is 117 cm³/mol. The fourth-order valence-corrected chi connectivity index (χ4v) is 4.76. The number of benzene rings is 1. The molecule has 176 valence electrons. The van der Waals surface area contributed by atoms with Gasteiger partial charge in [0.1, 0.15) is 17.6 Å². The number of nitrogens with one attached hydrogen (secondary N) is 3. The summed E-state index contributed by atoms with van der Waals surface area (Å²) in [4.78, 5) is 27.4. The van der Waals surface area contributed by atoms with Crippen LogP contribution in [-0.2, 0) is 10.0 Å². The third-order valence-corrected chi connectivity index (χ3v) is 6.88. The number of aromatic amines is 1. The SMILES string of the molecule is CNC(=O)c1nc(S(=O)(=O)NC(c2n[nH]c(=O)o2)C(C)c2c(F)ccc(C)c2C)ccc1Cl. The first-order chi connectivity index (χ1) is 15.5. The number of aromatic nitrogens is 3. The third kappa shape index (κ3) is 4.97. The Kier molecular flexibility index (Phi) is 7.00. The van der Waals surface area contributed by atoms with E-state index in [4.69, 9.17) is 16.0 Å². The summed E-state index contributed by atoms with van der Waals surface area (Å²) in [5, 5.41) is 7.57. The first-order valence-corrected chi connectivity index (χ1v) is 11.5. The number of hydrogen-bond donors (Lipinski definition) is 3. The number of aryl methyl sites for hydroxylation is 1. The van der Waals surface area contributed by atoms with Gasteiger partial charge in [-0.3, -0.25) is 4.79 Å². The van der Waals surface area contributed by atoms with E-state index in [0.29, 0.717) is 5.56 Å². The molecule has 1 amide bonds. The number of amides is 1. The largest absolute Gasteiger partial charge is 0.434 e. The summed E-state index contributed by atoms with van der Waals surface area (Å²) in [5.41, 5.74) is 1.33. The zero-order valence-electron chi connectivity index (χ0n) is 18.1. The lowest BCUT2D eigenvalue weighted by atomic mass is 9.88. The zero-order valence-corrected chi connectivity index (χ0v) is 19.6. The normalized spacial score (nSPS) is 13.5. The van der Waals surface area contributed by atoms with Gasteiger partial charge >= 0.3 is 5.76 Å². The lowest BCUT2D eigenvalue weighted by Gasteiger charge is -2.24. The molecular formula is C20H21ClFN5O5S. The molecule has 0 aliphatic carbocycles. The molecule has 0 aliphatic rings. The van der Waals surface area contributed by atoms with Crippen molar-refractivity contribution in [2.45, 2.75) is 37.8 Å². The van der Waals surface area contributed by atoms with Crippen LogP contribution in [0.15, 0.2) is 38.5 Å². The van der Waals surface area contributed by atoms with Gasteiger partial charge in [0, 0.05) is 13.0 Å². The molecule has 0 aliphatic heterocycles. The molecule has 33 heavy (non-hydrogen) atoms. The first kappa shape index (κ1) is 24.6. The van der Waals surface area contributed by atoms with Gasteiger partial charge in [0.25, 0.3) is 15.9 Å². The van der Waals surface area contributed by atoms with Gasteiger partial charge in [-0.1, -0.05) is 24.6 Å². The van der Waals surface area contributed by atoms with Gasteiger partial charge in [-0.05, 0) is 48.7 Å². The van der Waals surface area contributed by atoms with Crippen LogP contribution in [0.5, 0.6) is 0 Å². The minimum absolute atomic E-state index is 0.0472. The quantitative estimate of drug-likeness (QED) is 0.454. The van der Waals surface area contributed by atoms with Crippen LogP contribution >= 0.6 is 11.6 Å². The van der Waals surface area contributed by atoms with Gasteiger partial charge in [-0.25, -0.2) is 27.7 Å². The lowest BCUT2D eigenvalue weighted by molar-refractivity contribution is 0.0957. The number of carbonyl (C=O) groups is 1. The van der Waals surface area contributed by atoms with E-state index in [1.165, 1.54) is 19.2 Å². The monoisotopic (exact) mass is 497 g/mol. The van der Waals surface area contributed by atoms with E-state index in [2.05, 4.69) is 25.2 Å². The molecule has 0 spiro atoms. The van der Waals surface area contributed by atoms with Gasteiger partial charge in [0.15, 0.2) is 5.03 Å². The molecule has 3 aromatic rings. The molecule has 10 nitrogen and oxygen atoms in total. The second-order valence-electron chi connectivity index (χ2n) is 7.30. The van der Waals surface area contributed by atoms with E-state index in [1.54, 1.807) is 26.8 Å². The Morgan fingerprint density at radius 3 is 2.55 bits per heavy atom. The summed E-state index contributed by atoms with van der Waals surface area (Å²) in [6.45, 7) is 5.06. The molecule has 3 rings (SSSR count). The van der Waals surface area contributed by atoms with E-state index in [-0.39, 0.29) is 22.2 Å². The number of hydrogen-bond acceptors (Lipinski definition) is 7. The van der Waals surface area contributed by atoms with Gasteiger partial charge in [-0.15, -0.1) is 5.10 Å². The Balaban J connectivity index is 2.10. The van der Waals surface area contributed by atoms with E-state index < -0.39 is 44.5 Å². The van der Waals surface area contributed by atoms with Crippen LogP contribution in [0.2, 0.25) is 5.02 Å². The summed E-state index contributed by atoms with van der Waals surface area (Å²) in [7, 11) is -3.06. The van der Waals surface area contributed by atoms with Crippen LogP contribution in [0.3, 0.4) is 0 Å². The van der Waals surface area contributed by atoms with Crippen molar-refractivity contribution >= 4 is 27.5 Å². The van der Waals surface area contributed by atoms with E-state index in [9.17, 15) is 22.4 Å². The molecule has 0 saturated heterocycles. The van der Waals surface area contributed by atoms with Crippen molar-refractivity contribution in [3.8, 4) is 0 Å². The average molecular weight is 498 g/mol. The topological polar surface area (TPSA) is 147 Å². The molecule has 2 atom stereocenters. The van der Waals surface area contributed by atoms with E-state index >= 15 is 0 Å². The number of H-pyrrole nitrogens is 1. The Morgan fingerprint density at radius 2 is 1.94 bits per heavy atom. The smallest absolute Gasteiger partial charge is 0.391 e. The molecular weight excluding hydrogens is 477 g/mol. The van der Waals surface area contributed by atoms with Crippen molar-refractivity contribution in [2.24, 2.45) is 0 Å². The molecule has 2 unspecified atom stereocenters. The zero-order chi connectivity index (χ0) is 24.5. The average Bonchev–Trinajstić information content (AvgIpc) is 3.20. The highest BCUT2D eigenvalue weighted by Gasteiger charge is 2.34. The molecule has 0 saturated carbocycles. The highest BCUT2D eigenvalue weighted by Crippen LogP contribution is 2.35. The molecule has 2 heterocycles. The molecule has 13 heteroatoms. The number of halogens is 2. The third-order valence-electron chi connectivity index (χ3n) is 5.23. The van der Waals surface area contributed by atoms with Crippen LogP contribution < -0.4 is 15.8 Å². The van der Waals surface area contributed by atoms with Crippen molar-refractivity contribution in [1.29, 1.82) is 0 Å². The summed E-state index contributed by atoms with van der Waals surface area (Å²) in [5.74, 6) is -3.29. The van der Waals surface area contributed by atoms with Crippen LogP contribution in [0.1, 0.15) is 52.0 Å². The lowest BCUT2D eigenvalue weighted by Crippen LogP contribution is -2.34. The highest BCUT2D eigenvalue weighted by atomic mass is 35.5. The first-order valence-electron chi connectivity index (χ1n) is 9.68. The van der Waals surface area contributed by atoms with Crippen LogP contribution in [0, 0.1) is 19.7 Å². The molecule has 0 radical (unpaired) electrons. The maximum absolute atomic E-state index is 14.8. The van der Waals surface area contributed by atoms with E-state index in [0.717, 1.165) is 11.6 Å². The minimum atomic E-state index is -4.41. The highest BCUT2D eigenvalue weighted by molar-refractivity contribution is 7.89. The molecule has 0 fully saturated rings. The summed E-state index contributed by atoms with van der Waals surface area (Å²) in [6.07, 6.45) is 0. The number of nitrogens with zero attached hydrogens (tertiary/aromatic N) is 2. The second kappa shape index (κ2) is 9.41. The Labute approximate surface area is 193 Å². The Morgan fingerprint density at radius 1 is 1.24 bits per heavy atom. The van der Waals surface area contributed by atoms with Crippen molar-refractivity contribution in [2.75, 3.05) is 7.05 Å². The second-order valence-corrected chi connectivity index (χ2v) is 9.37. The van der Waals surface area contributed by atoms with Crippen molar-refractivity contribution < 1.29 is 22.0 Å². The fraction of sp³-hybridized carbons (Fsp3) is 0.300.